The maximum absolute atomic E-state index is 13.3. The van der Waals surface area contributed by atoms with Crippen molar-refractivity contribution >= 4 is 15.8 Å². The summed E-state index contributed by atoms with van der Waals surface area (Å²) in [5.41, 5.74) is 0.475. The number of hydrogen-bond acceptors (Lipinski definition) is 5. The molecule has 0 aliphatic carbocycles. The summed E-state index contributed by atoms with van der Waals surface area (Å²) < 4.78 is 73.6. The quantitative estimate of drug-likeness (QED) is 0.745. The molecule has 3 atom stereocenters. The molecule has 0 radical (unpaired) electrons. The van der Waals surface area contributed by atoms with Gasteiger partial charge in [-0.15, -0.1) is 0 Å². The molecule has 1 heterocycles. The first-order chi connectivity index (χ1) is 12.0. The van der Waals surface area contributed by atoms with Crippen LogP contribution in [0.1, 0.15) is 23.7 Å². The number of benzene rings is 1. The Bertz CT molecular complexity index is 733. The van der Waals surface area contributed by atoms with Gasteiger partial charge in [-0.3, -0.25) is 4.79 Å². The molecule has 10 heteroatoms. The molecule has 0 saturated carbocycles. The van der Waals surface area contributed by atoms with E-state index in [4.69, 9.17) is 14.6 Å². The summed E-state index contributed by atoms with van der Waals surface area (Å²) in [6.07, 6.45) is -5.06. The van der Waals surface area contributed by atoms with E-state index in [2.05, 4.69) is 0 Å². The van der Waals surface area contributed by atoms with E-state index in [0.717, 1.165) is 0 Å². The van der Waals surface area contributed by atoms with Crippen molar-refractivity contribution in [2.24, 2.45) is 17.0 Å². The molecule has 1 aromatic carbocycles. The predicted molar refractivity (Wildman–Crippen MR) is 87.3 cm³/mol. The van der Waals surface area contributed by atoms with Crippen molar-refractivity contribution in [1.82, 2.24) is 0 Å². The lowest BCUT2D eigenvalue weighted by atomic mass is 9.85. The zero-order valence-electron chi connectivity index (χ0n) is 14.0. The molecule has 1 fully saturated rings. The molecule has 1 saturated heterocycles. The van der Waals surface area contributed by atoms with Crippen LogP contribution in [0.5, 0.6) is 5.75 Å². The number of ketones is 1. The number of rotatable bonds is 6. The van der Waals surface area contributed by atoms with E-state index in [1.807, 2.05) is 0 Å². The average molecular weight is 395 g/mol. The van der Waals surface area contributed by atoms with Crippen molar-refractivity contribution in [3.8, 4) is 5.75 Å². The lowest BCUT2D eigenvalue weighted by Gasteiger charge is -2.36. The molecule has 2 rings (SSSR count). The summed E-state index contributed by atoms with van der Waals surface area (Å²) in [6.45, 7) is 1.21. The van der Waals surface area contributed by atoms with Crippen LogP contribution in [0.3, 0.4) is 0 Å². The van der Waals surface area contributed by atoms with Gasteiger partial charge >= 0.3 is 6.18 Å². The van der Waals surface area contributed by atoms with E-state index < -0.39 is 33.3 Å². The Hall–Kier alpha value is -1.65. The summed E-state index contributed by atoms with van der Waals surface area (Å²) in [5, 5.41) is 2.19. The van der Waals surface area contributed by atoms with Crippen LogP contribution >= 0.6 is 0 Å². The Kier molecular flexibility index (Phi) is 6.30. The van der Waals surface area contributed by atoms with E-state index in [-0.39, 0.29) is 32.0 Å². The van der Waals surface area contributed by atoms with Crippen LogP contribution in [-0.4, -0.2) is 45.4 Å². The fraction of sp³-hybridized carbons (Fsp3) is 0.562. The van der Waals surface area contributed by atoms with Crippen LogP contribution in [0.2, 0.25) is 0 Å². The van der Waals surface area contributed by atoms with E-state index >= 15 is 0 Å². The van der Waals surface area contributed by atoms with Gasteiger partial charge in [-0.25, -0.2) is 13.6 Å². The maximum atomic E-state index is 13.3. The number of carbonyl (C=O) groups excluding carboxylic acids is 1. The van der Waals surface area contributed by atoms with Crippen LogP contribution in [-0.2, 0) is 14.8 Å². The third-order valence-corrected chi connectivity index (χ3v) is 5.65. The number of nitrogens with two attached hydrogens (primary N) is 1. The number of alkyl halides is 3. The van der Waals surface area contributed by atoms with Gasteiger partial charge in [-0.1, -0.05) is 0 Å². The highest BCUT2D eigenvalue weighted by Gasteiger charge is 2.54. The summed E-state index contributed by atoms with van der Waals surface area (Å²) in [5.74, 6) is -1.81. The largest absolute Gasteiger partial charge is 0.493 e. The van der Waals surface area contributed by atoms with Gasteiger partial charge in [0.1, 0.15) is 5.75 Å². The van der Waals surface area contributed by atoms with E-state index in [1.165, 1.54) is 31.2 Å². The monoisotopic (exact) mass is 395 g/mol. The summed E-state index contributed by atoms with van der Waals surface area (Å²) >= 11 is 0. The van der Waals surface area contributed by atoms with Gasteiger partial charge in [-0.05, 0) is 43.5 Å². The second-order valence-electron chi connectivity index (χ2n) is 6.23. The minimum absolute atomic E-state index is 0.0244. The SMILES string of the molecule is CC(=O)c1ccc(OCC2COCCC2C(C(F)(F)F)S(N)(=O)=O)cc1. The highest BCUT2D eigenvalue weighted by atomic mass is 32.2. The van der Waals surface area contributed by atoms with Gasteiger partial charge in [0.25, 0.3) is 0 Å². The Morgan fingerprint density at radius 2 is 1.96 bits per heavy atom. The van der Waals surface area contributed by atoms with Crippen LogP contribution in [0.4, 0.5) is 13.2 Å². The Morgan fingerprint density at radius 1 is 1.35 bits per heavy atom. The molecule has 6 nitrogen and oxygen atoms in total. The van der Waals surface area contributed by atoms with Crippen LogP contribution in [0.15, 0.2) is 24.3 Å². The van der Waals surface area contributed by atoms with E-state index in [1.54, 1.807) is 0 Å². The molecule has 1 aromatic rings. The Labute approximate surface area is 149 Å². The number of carbonyl (C=O) groups is 1. The number of Topliss-reactive ketones (excluding diaryl/α,β-unsaturated/α-hetero) is 1. The third kappa shape index (κ3) is 5.18. The van der Waals surface area contributed by atoms with Gasteiger partial charge in [-0.2, -0.15) is 13.2 Å². The first-order valence-electron chi connectivity index (χ1n) is 7.90. The smallest absolute Gasteiger partial charge is 0.407 e. The number of sulfonamides is 1. The van der Waals surface area contributed by atoms with Crippen LogP contribution < -0.4 is 9.88 Å². The zero-order chi connectivity index (χ0) is 19.5. The number of primary sulfonamides is 1. The first-order valence-corrected chi connectivity index (χ1v) is 9.51. The lowest BCUT2D eigenvalue weighted by molar-refractivity contribution is -0.153. The summed E-state index contributed by atoms with van der Waals surface area (Å²) in [6, 6.07) is 6.12. The van der Waals surface area contributed by atoms with Crippen molar-refractivity contribution in [2.75, 3.05) is 19.8 Å². The highest BCUT2D eigenvalue weighted by molar-refractivity contribution is 7.89. The number of ether oxygens (including phenoxy) is 2. The molecule has 0 amide bonds. The van der Waals surface area contributed by atoms with E-state index in [0.29, 0.717) is 11.3 Å². The molecule has 0 bridgehead atoms. The molecule has 2 N–H and O–H groups in total. The predicted octanol–water partition coefficient (Wildman–Crippen LogP) is 2.14. The molecule has 1 aliphatic rings. The molecule has 3 unspecified atom stereocenters. The summed E-state index contributed by atoms with van der Waals surface area (Å²) in [4.78, 5) is 11.2. The molecular formula is C16H20F3NO5S. The van der Waals surface area contributed by atoms with Crippen LogP contribution in [0, 0.1) is 11.8 Å². The average Bonchev–Trinajstić information content (AvgIpc) is 2.51. The van der Waals surface area contributed by atoms with Crippen molar-refractivity contribution in [3.63, 3.8) is 0 Å². The molecule has 26 heavy (non-hydrogen) atoms. The number of hydrogen-bond donors (Lipinski definition) is 1. The first kappa shape index (κ1) is 20.7. The van der Waals surface area contributed by atoms with Crippen molar-refractivity contribution in [2.45, 2.75) is 24.8 Å². The van der Waals surface area contributed by atoms with E-state index in [9.17, 15) is 26.4 Å². The van der Waals surface area contributed by atoms with Gasteiger partial charge < -0.3 is 9.47 Å². The minimum atomic E-state index is -4.98. The zero-order valence-corrected chi connectivity index (χ0v) is 14.8. The molecule has 1 aliphatic heterocycles. The standard InChI is InChI=1S/C16H20F3NO5S/c1-10(21)11-2-4-13(5-3-11)25-9-12-8-24-7-6-14(12)15(16(17,18)19)26(20,22)23/h2-5,12,14-15H,6-9H2,1H3,(H2,20,22,23). The lowest BCUT2D eigenvalue weighted by Crippen LogP contribution is -2.51. The molecule has 0 aromatic heterocycles. The molecule has 0 spiro atoms. The van der Waals surface area contributed by atoms with Crippen molar-refractivity contribution in [3.05, 3.63) is 29.8 Å². The highest BCUT2D eigenvalue weighted by Crippen LogP contribution is 2.38. The second-order valence-corrected chi connectivity index (χ2v) is 7.92. The van der Waals surface area contributed by atoms with Gasteiger partial charge in [0, 0.05) is 18.1 Å². The maximum Gasteiger partial charge on any atom is 0.407 e. The normalized spacial score (nSPS) is 22.7. The Morgan fingerprint density at radius 3 is 2.46 bits per heavy atom. The fourth-order valence-corrected chi connectivity index (χ4v) is 4.26. The van der Waals surface area contributed by atoms with Gasteiger partial charge in [0.2, 0.25) is 10.0 Å². The van der Waals surface area contributed by atoms with Crippen molar-refractivity contribution in [1.29, 1.82) is 0 Å². The molecule has 146 valence electrons. The fourth-order valence-electron chi connectivity index (χ4n) is 3.05. The van der Waals surface area contributed by atoms with Gasteiger partial charge in [0.15, 0.2) is 11.0 Å². The Balaban J connectivity index is 2.14. The van der Waals surface area contributed by atoms with Crippen molar-refractivity contribution < 1.29 is 35.9 Å². The van der Waals surface area contributed by atoms with Crippen LogP contribution in [0.25, 0.3) is 0 Å². The second kappa shape index (κ2) is 7.93. The third-order valence-electron chi connectivity index (χ3n) is 4.32. The minimum Gasteiger partial charge on any atom is -0.493 e. The van der Waals surface area contributed by atoms with Gasteiger partial charge in [0.05, 0.1) is 13.2 Å². The number of halogens is 3. The topological polar surface area (TPSA) is 95.7 Å². The molecular weight excluding hydrogens is 375 g/mol. The summed E-state index contributed by atoms with van der Waals surface area (Å²) in [7, 11) is -4.83.